The summed E-state index contributed by atoms with van der Waals surface area (Å²) in [5.41, 5.74) is 0. The Morgan fingerprint density at radius 1 is 1.20 bits per heavy atom. The molecular formula is C18H28N4O3. The van der Waals surface area contributed by atoms with E-state index in [1.807, 2.05) is 11.0 Å². The highest BCUT2D eigenvalue weighted by Crippen LogP contribution is 2.41. The number of nitrogens with one attached hydrogen (secondary N) is 1. The zero-order chi connectivity index (χ0) is 17.4. The van der Waals surface area contributed by atoms with Crippen molar-refractivity contribution < 1.29 is 9.63 Å². The second kappa shape index (κ2) is 7.13. The van der Waals surface area contributed by atoms with E-state index in [0.717, 1.165) is 25.4 Å². The first-order chi connectivity index (χ1) is 12.2. The summed E-state index contributed by atoms with van der Waals surface area (Å²) in [6.45, 7) is 1.48. The van der Waals surface area contributed by atoms with Crippen molar-refractivity contribution in [1.29, 1.82) is 0 Å². The topological polar surface area (TPSA) is 97.0 Å². The van der Waals surface area contributed by atoms with Gasteiger partial charge in [-0.15, -0.1) is 0 Å². The van der Waals surface area contributed by atoms with Gasteiger partial charge in [0.05, 0.1) is 5.92 Å². The Balaban J connectivity index is 1.46. The Hall–Kier alpha value is -1.31. The number of hydrogen-bond donors (Lipinski definition) is 2. The molecule has 7 atom stereocenters. The van der Waals surface area contributed by atoms with Crippen molar-refractivity contribution in [2.45, 2.75) is 62.8 Å². The van der Waals surface area contributed by atoms with Gasteiger partial charge in [0.2, 0.25) is 5.91 Å². The summed E-state index contributed by atoms with van der Waals surface area (Å²) >= 11 is 0. The monoisotopic (exact) mass is 348 g/mol. The fourth-order valence-corrected chi connectivity index (χ4v) is 5.60. The number of hydrogen-bond acceptors (Lipinski definition) is 6. The average molecular weight is 348 g/mol. The highest BCUT2D eigenvalue weighted by molar-refractivity contribution is 5.81. The molecule has 4 rings (SSSR count). The van der Waals surface area contributed by atoms with Gasteiger partial charge in [-0.05, 0) is 37.5 Å². The molecule has 2 saturated heterocycles. The summed E-state index contributed by atoms with van der Waals surface area (Å²) in [7, 11) is 0. The van der Waals surface area contributed by atoms with Crippen LogP contribution >= 0.6 is 0 Å². The van der Waals surface area contributed by atoms with Crippen LogP contribution in [0.25, 0.3) is 0 Å². The van der Waals surface area contributed by atoms with E-state index >= 15 is 0 Å². The molecule has 0 aromatic rings. The fourth-order valence-electron chi connectivity index (χ4n) is 5.60. The summed E-state index contributed by atoms with van der Waals surface area (Å²) < 4.78 is 0. The van der Waals surface area contributed by atoms with E-state index < -0.39 is 18.1 Å². The fraction of sp³-hybridized carbons (Fsp3) is 0.833. The molecule has 1 saturated carbocycles. The maximum absolute atomic E-state index is 13.1. The zero-order valence-corrected chi connectivity index (χ0v) is 14.5. The number of likely N-dealkylation sites (tertiary alicyclic amines) is 1. The smallest absolute Gasteiger partial charge is 0.231 e. The van der Waals surface area contributed by atoms with E-state index in [1.54, 1.807) is 6.08 Å². The number of rotatable bonds is 3. The maximum atomic E-state index is 13.1. The Morgan fingerprint density at radius 2 is 2.00 bits per heavy atom. The molecule has 1 amide bonds. The van der Waals surface area contributed by atoms with E-state index in [1.165, 1.54) is 25.7 Å². The summed E-state index contributed by atoms with van der Waals surface area (Å²) in [4.78, 5) is 31.2. The number of fused-ring (bicyclic) bond motifs is 3. The van der Waals surface area contributed by atoms with Gasteiger partial charge in [-0.3, -0.25) is 9.63 Å². The Bertz CT molecular complexity index is 554. The second-order valence-electron chi connectivity index (χ2n) is 8.03. The minimum atomic E-state index is -0.604. The molecule has 0 aromatic heterocycles. The Labute approximate surface area is 148 Å². The van der Waals surface area contributed by atoms with Crippen molar-refractivity contribution >= 4 is 5.91 Å². The lowest BCUT2D eigenvalue weighted by molar-refractivity contribution is -0.143. The van der Waals surface area contributed by atoms with Gasteiger partial charge in [0.1, 0.15) is 12.1 Å². The van der Waals surface area contributed by atoms with E-state index in [4.69, 9.17) is 10.7 Å². The van der Waals surface area contributed by atoms with E-state index in [-0.39, 0.29) is 5.91 Å². The van der Waals surface area contributed by atoms with Crippen molar-refractivity contribution in [3.8, 4) is 0 Å². The van der Waals surface area contributed by atoms with Crippen molar-refractivity contribution in [2.24, 2.45) is 28.8 Å². The Morgan fingerprint density at radius 3 is 2.80 bits per heavy atom. The summed E-state index contributed by atoms with van der Waals surface area (Å²) in [5, 5.41) is 6.95. The van der Waals surface area contributed by atoms with Crippen LogP contribution in [0.5, 0.6) is 0 Å². The third-order valence-electron chi connectivity index (χ3n) is 6.82. The van der Waals surface area contributed by atoms with Gasteiger partial charge in [-0.25, -0.2) is 5.90 Å². The van der Waals surface area contributed by atoms with Crippen LogP contribution in [0.3, 0.4) is 0 Å². The second-order valence-corrected chi connectivity index (χ2v) is 8.03. The molecule has 0 aromatic carbocycles. The van der Waals surface area contributed by atoms with Crippen molar-refractivity contribution in [1.82, 2.24) is 10.2 Å². The van der Waals surface area contributed by atoms with Crippen LogP contribution in [0.2, 0.25) is 0 Å². The Kier molecular flexibility index (Phi) is 4.88. The third-order valence-corrected chi connectivity index (χ3v) is 6.82. The lowest BCUT2D eigenvalue weighted by Gasteiger charge is -2.40. The number of nitrogens with two attached hydrogens (primary N) is 1. The van der Waals surface area contributed by atoms with Gasteiger partial charge in [0.15, 0.2) is 0 Å². The molecule has 4 aliphatic rings. The molecule has 3 fully saturated rings. The number of carbonyl (C=O) groups excluding carboxylic acids is 1. The number of carbonyl (C=O) groups is 1. The van der Waals surface area contributed by atoms with Gasteiger partial charge in [-0.2, -0.15) is 4.91 Å². The zero-order valence-electron chi connectivity index (χ0n) is 14.5. The molecule has 2 aliphatic carbocycles. The first-order valence-electron chi connectivity index (χ1n) is 9.62. The molecule has 2 aliphatic heterocycles. The molecular weight excluding hydrogens is 320 g/mol. The molecule has 7 nitrogen and oxygen atoms in total. The van der Waals surface area contributed by atoms with Gasteiger partial charge >= 0.3 is 0 Å². The molecule has 7 unspecified atom stereocenters. The quantitative estimate of drug-likeness (QED) is 0.456. The predicted octanol–water partition coefficient (Wildman–Crippen LogP) is 1.34. The maximum Gasteiger partial charge on any atom is 0.231 e. The van der Waals surface area contributed by atoms with Crippen LogP contribution < -0.4 is 11.2 Å². The van der Waals surface area contributed by atoms with E-state index in [9.17, 15) is 9.70 Å². The first kappa shape index (κ1) is 17.1. The lowest BCUT2D eigenvalue weighted by Crippen LogP contribution is -2.54. The van der Waals surface area contributed by atoms with E-state index in [0.29, 0.717) is 24.4 Å². The SMILES string of the molecule is NOC1C=CCC(N=O)C1C(=O)N1CCC2C(C1)NC1CCCCC12. The largest absolute Gasteiger partial charge is 0.341 e. The van der Waals surface area contributed by atoms with Gasteiger partial charge in [-0.1, -0.05) is 30.2 Å². The average Bonchev–Trinajstić information content (AvgIpc) is 3.04. The minimum Gasteiger partial charge on any atom is -0.341 e. The number of nitroso groups, excluding NO2 is 1. The summed E-state index contributed by atoms with van der Waals surface area (Å²) in [5.74, 6) is 6.18. The molecule has 7 heteroatoms. The van der Waals surface area contributed by atoms with Gasteiger partial charge in [0, 0.05) is 25.2 Å². The third kappa shape index (κ3) is 3.02. The van der Waals surface area contributed by atoms with Crippen LogP contribution in [0.15, 0.2) is 17.3 Å². The molecule has 0 radical (unpaired) electrons. The van der Waals surface area contributed by atoms with Crippen molar-refractivity contribution in [3.05, 3.63) is 17.1 Å². The minimum absolute atomic E-state index is 0.0421. The molecule has 3 N–H and O–H groups in total. The number of amides is 1. The highest BCUT2D eigenvalue weighted by Gasteiger charge is 2.48. The highest BCUT2D eigenvalue weighted by atomic mass is 16.6. The number of nitrogens with zero attached hydrogens (tertiary/aromatic N) is 2. The van der Waals surface area contributed by atoms with Crippen molar-refractivity contribution in [3.63, 3.8) is 0 Å². The molecule has 0 spiro atoms. The molecule has 138 valence electrons. The van der Waals surface area contributed by atoms with Crippen LogP contribution in [0.4, 0.5) is 0 Å². The molecule has 2 heterocycles. The van der Waals surface area contributed by atoms with Gasteiger partial charge in [0.25, 0.3) is 0 Å². The summed E-state index contributed by atoms with van der Waals surface area (Å²) in [6.07, 6.45) is 9.78. The lowest BCUT2D eigenvalue weighted by atomic mass is 9.75. The molecule has 0 bridgehead atoms. The number of piperidine rings is 1. The van der Waals surface area contributed by atoms with Crippen LogP contribution in [0, 0.1) is 22.7 Å². The standard InChI is InChI=1S/C18H28N4O3/c19-25-16-7-3-6-14(21-24)17(16)18(23)22-9-8-12-11-4-1-2-5-13(11)20-15(12)10-22/h3,7,11-17,20H,1-2,4-6,8-10,19H2. The predicted molar refractivity (Wildman–Crippen MR) is 93.2 cm³/mol. The van der Waals surface area contributed by atoms with Crippen LogP contribution in [-0.4, -0.2) is 48.1 Å². The molecule has 25 heavy (non-hydrogen) atoms. The van der Waals surface area contributed by atoms with Crippen LogP contribution in [-0.2, 0) is 9.63 Å². The summed E-state index contributed by atoms with van der Waals surface area (Å²) in [6, 6.07) is 0.411. The normalized spacial score (nSPS) is 43.4. The van der Waals surface area contributed by atoms with Crippen LogP contribution in [0.1, 0.15) is 38.5 Å². The van der Waals surface area contributed by atoms with Gasteiger partial charge < -0.3 is 10.2 Å². The van der Waals surface area contributed by atoms with E-state index in [2.05, 4.69) is 10.5 Å². The first-order valence-corrected chi connectivity index (χ1v) is 9.62. The van der Waals surface area contributed by atoms with Crippen molar-refractivity contribution in [2.75, 3.05) is 13.1 Å².